The largest absolute Gasteiger partial charge is 0.376 e. The number of rotatable bonds is 2. The first kappa shape index (κ1) is 7.07. The van der Waals surface area contributed by atoms with Crippen LogP contribution in [0.5, 0.6) is 0 Å². The van der Waals surface area contributed by atoms with Crippen LogP contribution in [-0.4, -0.2) is 9.04 Å². The monoisotopic (exact) mass is 157 g/mol. The summed E-state index contributed by atoms with van der Waals surface area (Å²) >= 11 is 0. The lowest BCUT2D eigenvalue weighted by Gasteiger charge is -2.01. The van der Waals surface area contributed by atoms with Crippen LogP contribution < -0.4 is 4.21 Å². The fourth-order valence-electron chi connectivity index (χ4n) is 0.573. The van der Waals surface area contributed by atoms with E-state index in [2.05, 4.69) is 24.7 Å². The molecule has 1 nitrogen and oxygen atoms in total. The van der Waals surface area contributed by atoms with Gasteiger partial charge in [-0.05, 0) is 25.0 Å². The molecular weight excluding hydrogens is 147 g/mol. The van der Waals surface area contributed by atoms with Crippen molar-refractivity contribution in [3.05, 3.63) is 23.7 Å². The van der Waals surface area contributed by atoms with E-state index >= 15 is 0 Å². The van der Waals surface area contributed by atoms with E-state index in [0.717, 1.165) is 0 Å². The fourth-order valence-corrected chi connectivity index (χ4v) is 3.48. The molecule has 0 amide bonds. The van der Waals surface area contributed by atoms with Gasteiger partial charge < -0.3 is 4.21 Å². The van der Waals surface area contributed by atoms with Crippen LogP contribution in [0.4, 0.5) is 0 Å². The summed E-state index contributed by atoms with van der Waals surface area (Å²) < 4.78 is 5.59. The maximum Gasteiger partial charge on any atom is 0.184 e. The summed E-state index contributed by atoms with van der Waals surface area (Å²) in [7, 11) is -1.24. The smallest absolute Gasteiger partial charge is 0.184 e. The second-order valence-electron chi connectivity index (χ2n) is 2.12. The number of hydrogen-bond donors (Lipinski definition) is 0. The normalized spacial score (nSPS) is 10.6. The van der Waals surface area contributed by atoms with Crippen LogP contribution in [0.25, 0.3) is 0 Å². The van der Waals surface area contributed by atoms with Gasteiger partial charge >= 0.3 is 0 Å². The minimum Gasteiger partial charge on any atom is -0.376 e. The third-order valence-corrected chi connectivity index (χ3v) is 4.29. The topological polar surface area (TPSA) is 9.23 Å². The van der Waals surface area contributed by atoms with Gasteiger partial charge in [-0.15, -0.1) is 0 Å². The van der Waals surface area contributed by atoms with Gasteiger partial charge in [-0.2, -0.15) is 0 Å². The molecule has 0 fully saturated rings. The highest BCUT2D eigenvalue weighted by Gasteiger charge is 1.96. The van der Waals surface area contributed by atoms with Crippen molar-refractivity contribution in [3.63, 3.8) is 0 Å². The highest BCUT2D eigenvalue weighted by molar-refractivity contribution is 7.44. The lowest BCUT2D eigenvalue weighted by atomic mass is 10.7. The molecule has 1 atom stereocenters. The Kier molecular flexibility index (Phi) is 2.52. The zero-order valence-electron chi connectivity index (χ0n) is 5.66. The molecule has 0 aliphatic carbocycles. The van der Waals surface area contributed by atoms with Crippen LogP contribution in [-0.2, 0) is 0 Å². The highest BCUT2D eigenvalue weighted by Crippen LogP contribution is 2.22. The molecule has 3 heteroatoms. The molecule has 1 radical (unpaired) electrons. The van der Waals surface area contributed by atoms with Crippen molar-refractivity contribution in [2.45, 2.75) is 13.1 Å². The molecule has 0 spiro atoms. The first-order valence-electron chi connectivity index (χ1n) is 3.01. The van der Waals surface area contributed by atoms with E-state index in [9.17, 15) is 0 Å². The molecule has 0 bridgehead atoms. The molecule has 0 aliphatic rings. The molecule has 0 saturated carbocycles. The third-order valence-electron chi connectivity index (χ3n) is 0.844. The van der Waals surface area contributed by atoms with E-state index in [4.69, 9.17) is 4.21 Å². The average Bonchev–Trinajstić information content (AvgIpc) is 2.15. The lowest BCUT2D eigenvalue weighted by Crippen LogP contribution is -2.08. The minimum absolute atomic E-state index is 0.409. The van der Waals surface area contributed by atoms with Crippen LogP contribution in [0.3, 0.4) is 0 Å². The van der Waals surface area contributed by atoms with Gasteiger partial charge in [0.15, 0.2) is 9.04 Å². The molecule has 1 rings (SSSR count). The minimum atomic E-state index is -0.829. The summed E-state index contributed by atoms with van der Waals surface area (Å²) in [6.45, 7) is 4.35. The van der Waals surface area contributed by atoms with Gasteiger partial charge in [0.1, 0.15) is 0 Å². The van der Waals surface area contributed by atoms with Gasteiger partial charge in [0.2, 0.25) is 0 Å². The Labute approximate surface area is 58.5 Å². The van der Waals surface area contributed by atoms with Crippen LogP contribution >= 0.6 is 7.76 Å². The first-order chi connectivity index (χ1) is 4.29. The Morgan fingerprint density at radius 1 is 1.56 bits per heavy atom. The van der Waals surface area contributed by atoms with E-state index < -0.39 is 16.8 Å². The van der Waals surface area contributed by atoms with E-state index in [0.29, 0.717) is 0 Å². The molecule has 9 heavy (non-hydrogen) atoms. The van der Waals surface area contributed by atoms with Crippen molar-refractivity contribution in [1.82, 2.24) is 0 Å². The average molecular weight is 157 g/mol. The molecule has 0 aliphatic heterocycles. The molecule has 1 heterocycles. The van der Waals surface area contributed by atoms with E-state index in [-0.39, 0.29) is 0 Å². The predicted octanol–water partition coefficient (Wildman–Crippen LogP) is 1.89. The van der Waals surface area contributed by atoms with Crippen molar-refractivity contribution in [2.24, 2.45) is 0 Å². The Bertz CT molecular complexity index is 160. The first-order valence-corrected chi connectivity index (χ1v) is 7.12. The van der Waals surface area contributed by atoms with Gasteiger partial charge in [0.25, 0.3) is 0 Å². The maximum atomic E-state index is 5.59. The van der Waals surface area contributed by atoms with E-state index in [1.54, 1.807) is 0 Å². The standard InChI is InChI=1S/C6H10OPSi/c1-9(2)7-8-5-3-4-6-8/h3-5,9H,1-2H3. The molecule has 1 aromatic heterocycles. The predicted molar refractivity (Wildman–Crippen MR) is 43.4 cm³/mol. The summed E-state index contributed by atoms with van der Waals surface area (Å²) in [6.07, 6.45) is 0. The summed E-state index contributed by atoms with van der Waals surface area (Å²) in [5.74, 6) is 5.21. The summed E-state index contributed by atoms with van der Waals surface area (Å²) in [5.41, 5.74) is 0. The highest BCUT2D eigenvalue weighted by atomic mass is 31.1. The Morgan fingerprint density at radius 3 is 2.78 bits per heavy atom. The molecule has 0 saturated heterocycles. The van der Waals surface area contributed by atoms with Crippen molar-refractivity contribution in [3.8, 4) is 0 Å². The van der Waals surface area contributed by atoms with Gasteiger partial charge in [-0.1, -0.05) is 6.07 Å². The van der Waals surface area contributed by atoms with Gasteiger partial charge in [-0.25, -0.2) is 0 Å². The Morgan fingerprint density at radius 2 is 2.33 bits per heavy atom. The second kappa shape index (κ2) is 3.21. The van der Waals surface area contributed by atoms with E-state index in [1.165, 1.54) is 0 Å². The lowest BCUT2D eigenvalue weighted by molar-refractivity contribution is 0.752. The van der Waals surface area contributed by atoms with Crippen LogP contribution in [0.1, 0.15) is 0 Å². The third kappa shape index (κ3) is 2.35. The zero-order valence-corrected chi connectivity index (χ0v) is 7.71. The van der Waals surface area contributed by atoms with Crippen molar-refractivity contribution >= 4 is 16.8 Å². The second-order valence-corrected chi connectivity index (χ2v) is 6.27. The maximum absolute atomic E-state index is 5.59. The van der Waals surface area contributed by atoms with Crippen molar-refractivity contribution < 1.29 is 4.21 Å². The summed E-state index contributed by atoms with van der Waals surface area (Å²) in [5, 5.41) is 0. The number of hydrogen-bond acceptors (Lipinski definition) is 1. The molecule has 49 valence electrons. The van der Waals surface area contributed by atoms with Crippen molar-refractivity contribution in [2.75, 3.05) is 0 Å². The zero-order chi connectivity index (χ0) is 6.69. The Hall–Kier alpha value is -0.0431. The molecule has 0 aromatic carbocycles. The van der Waals surface area contributed by atoms with Gasteiger partial charge in [0, 0.05) is 13.6 Å². The van der Waals surface area contributed by atoms with Gasteiger partial charge in [0.05, 0.1) is 0 Å². The molecule has 1 aromatic rings. The molecule has 1 unspecified atom stereocenters. The van der Waals surface area contributed by atoms with Crippen LogP contribution in [0, 0.1) is 5.80 Å². The summed E-state index contributed by atoms with van der Waals surface area (Å²) in [6, 6.07) is 3.94. The van der Waals surface area contributed by atoms with Gasteiger partial charge in [-0.3, -0.25) is 0 Å². The van der Waals surface area contributed by atoms with E-state index in [1.807, 2.05) is 12.1 Å². The quantitative estimate of drug-likeness (QED) is 0.596. The van der Waals surface area contributed by atoms with Crippen LogP contribution in [0.15, 0.2) is 17.9 Å². The van der Waals surface area contributed by atoms with Crippen LogP contribution in [0.2, 0.25) is 13.1 Å². The molecular formula is C6H10OPSi. The van der Waals surface area contributed by atoms with Crippen molar-refractivity contribution in [1.29, 1.82) is 0 Å². The SMILES string of the molecule is C[SiH](C)Op1[c]ccc1. The fraction of sp³-hybridized carbons (Fsp3) is 0.333. The molecule has 0 N–H and O–H groups in total. The summed E-state index contributed by atoms with van der Waals surface area (Å²) in [4.78, 5) is 0. The Balaban J connectivity index is 2.48.